The normalized spacial score (nSPS) is 22.0. The third-order valence-corrected chi connectivity index (χ3v) is 4.16. The Labute approximate surface area is 134 Å². The number of urea groups is 1. The molecule has 8 heteroatoms. The predicted molar refractivity (Wildman–Crippen MR) is 81.3 cm³/mol. The van der Waals surface area contributed by atoms with Crippen molar-refractivity contribution < 1.29 is 14.4 Å². The second-order valence-electron chi connectivity index (χ2n) is 5.71. The predicted octanol–water partition coefficient (Wildman–Crippen LogP) is -0.551. The van der Waals surface area contributed by atoms with Crippen molar-refractivity contribution in [3.8, 4) is 0 Å². The molecular formula is C15H19N5O3. The third kappa shape index (κ3) is 3.02. The zero-order valence-corrected chi connectivity index (χ0v) is 12.9. The van der Waals surface area contributed by atoms with Crippen LogP contribution in [0.2, 0.25) is 0 Å². The lowest BCUT2D eigenvalue weighted by molar-refractivity contribution is -0.139. The van der Waals surface area contributed by atoms with E-state index >= 15 is 0 Å². The molecule has 8 nitrogen and oxygen atoms in total. The highest BCUT2D eigenvalue weighted by atomic mass is 16.2. The topological polar surface area (TPSA) is 85.8 Å². The summed E-state index contributed by atoms with van der Waals surface area (Å²) >= 11 is 0. The second-order valence-corrected chi connectivity index (χ2v) is 5.71. The Balaban J connectivity index is 1.74. The van der Waals surface area contributed by atoms with Crippen LogP contribution in [0, 0.1) is 0 Å². The highest BCUT2D eigenvalue weighted by Gasteiger charge is 2.37. The fourth-order valence-electron chi connectivity index (χ4n) is 2.92. The fourth-order valence-corrected chi connectivity index (χ4v) is 2.92. The van der Waals surface area contributed by atoms with Gasteiger partial charge in [0.2, 0.25) is 5.91 Å². The Hall–Kier alpha value is -2.48. The number of aromatic nitrogens is 1. The molecule has 122 valence electrons. The lowest BCUT2D eigenvalue weighted by atomic mass is 10.1. The highest BCUT2D eigenvalue weighted by Crippen LogP contribution is 2.22. The maximum Gasteiger partial charge on any atom is 0.327 e. The average molecular weight is 317 g/mol. The van der Waals surface area contributed by atoms with Crippen LogP contribution in [0.25, 0.3) is 0 Å². The van der Waals surface area contributed by atoms with E-state index in [1.54, 1.807) is 24.3 Å². The first kappa shape index (κ1) is 15.4. The molecule has 0 bridgehead atoms. The Bertz CT molecular complexity index is 621. The second kappa shape index (κ2) is 6.33. The lowest BCUT2D eigenvalue weighted by Crippen LogP contribution is -2.52. The maximum absolute atomic E-state index is 12.6. The van der Waals surface area contributed by atoms with E-state index in [0.29, 0.717) is 19.6 Å². The summed E-state index contributed by atoms with van der Waals surface area (Å²) < 4.78 is 0. The molecular weight excluding hydrogens is 298 g/mol. The van der Waals surface area contributed by atoms with Crippen molar-refractivity contribution >= 4 is 17.8 Å². The highest BCUT2D eigenvalue weighted by molar-refractivity contribution is 6.04. The SMILES string of the molecule is CN1CC(=O)N(CC(=O)N2CCNCC2c2cccnc2)C1=O. The molecule has 1 aromatic heterocycles. The number of amides is 4. The smallest absolute Gasteiger partial charge is 0.327 e. The standard InChI is InChI=1S/C15H19N5O3/c1-18-9-13(21)20(15(18)23)10-14(22)19-6-5-17-8-12(19)11-3-2-4-16-7-11/h2-4,7,12,17H,5-6,8-10H2,1H3. The van der Waals surface area contributed by atoms with Crippen LogP contribution in [0.4, 0.5) is 4.79 Å². The van der Waals surface area contributed by atoms with Gasteiger partial charge in [-0.2, -0.15) is 0 Å². The van der Waals surface area contributed by atoms with E-state index in [4.69, 9.17) is 0 Å². The Morgan fingerprint density at radius 3 is 2.91 bits per heavy atom. The van der Waals surface area contributed by atoms with Crippen molar-refractivity contribution in [2.24, 2.45) is 0 Å². The van der Waals surface area contributed by atoms with E-state index in [-0.39, 0.29) is 30.9 Å². The van der Waals surface area contributed by atoms with Gasteiger partial charge in [-0.3, -0.25) is 19.5 Å². The fraction of sp³-hybridized carbons (Fsp3) is 0.467. The summed E-state index contributed by atoms with van der Waals surface area (Å²) in [4.78, 5) is 44.6. The van der Waals surface area contributed by atoms with Gasteiger partial charge in [-0.1, -0.05) is 6.07 Å². The van der Waals surface area contributed by atoms with Gasteiger partial charge in [-0.05, 0) is 11.6 Å². The van der Waals surface area contributed by atoms with Crippen molar-refractivity contribution in [2.75, 3.05) is 39.8 Å². The summed E-state index contributed by atoms with van der Waals surface area (Å²) in [7, 11) is 1.55. The molecule has 1 unspecified atom stereocenters. The van der Waals surface area contributed by atoms with Gasteiger partial charge in [0, 0.05) is 39.1 Å². The number of imide groups is 1. The molecule has 1 N–H and O–H groups in total. The summed E-state index contributed by atoms with van der Waals surface area (Å²) in [5, 5.41) is 3.26. The number of hydrogen-bond acceptors (Lipinski definition) is 5. The molecule has 1 aromatic rings. The number of nitrogens with zero attached hydrogens (tertiary/aromatic N) is 4. The van der Waals surface area contributed by atoms with E-state index < -0.39 is 6.03 Å². The first-order chi connectivity index (χ1) is 11.1. The Morgan fingerprint density at radius 1 is 1.43 bits per heavy atom. The summed E-state index contributed by atoms with van der Waals surface area (Å²) in [5.74, 6) is -0.559. The number of carbonyl (C=O) groups excluding carboxylic acids is 3. The molecule has 3 rings (SSSR count). The van der Waals surface area contributed by atoms with Crippen molar-refractivity contribution in [3.63, 3.8) is 0 Å². The summed E-state index contributed by atoms with van der Waals surface area (Å²) in [5.41, 5.74) is 0.934. The van der Waals surface area contributed by atoms with Gasteiger partial charge >= 0.3 is 6.03 Å². The van der Waals surface area contributed by atoms with Gasteiger partial charge in [-0.25, -0.2) is 4.79 Å². The largest absolute Gasteiger partial charge is 0.331 e. The first-order valence-corrected chi connectivity index (χ1v) is 7.53. The summed E-state index contributed by atoms with van der Waals surface area (Å²) in [6.07, 6.45) is 3.42. The maximum atomic E-state index is 12.6. The Kier molecular flexibility index (Phi) is 4.24. The first-order valence-electron chi connectivity index (χ1n) is 7.53. The van der Waals surface area contributed by atoms with Crippen LogP contribution in [-0.4, -0.2) is 77.3 Å². The van der Waals surface area contributed by atoms with E-state index in [1.165, 1.54) is 4.90 Å². The van der Waals surface area contributed by atoms with E-state index in [0.717, 1.165) is 10.5 Å². The molecule has 0 aliphatic carbocycles. The van der Waals surface area contributed by atoms with Crippen molar-refractivity contribution in [2.45, 2.75) is 6.04 Å². The van der Waals surface area contributed by atoms with Crippen molar-refractivity contribution in [1.29, 1.82) is 0 Å². The monoisotopic (exact) mass is 317 g/mol. The number of pyridine rings is 1. The van der Waals surface area contributed by atoms with Gasteiger partial charge in [0.05, 0.1) is 6.04 Å². The lowest BCUT2D eigenvalue weighted by Gasteiger charge is -2.37. The van der Waals surface area contributed by atoms with Crippen molar-refractivity contribution in [1.82, 2.24) is 25.0 Å². The number of carbonyl (C=O) groups is 3. The molecule has 23 heavy (non-hydrogen) atoms. The summed E-state index contributed by atoms with van der Waals surface area (Å²) in [6, 6.07) is 3.19. The molecule has 0 spiro atoms. The van der Waals surface area contributed by atoms with E-state index in [1.807, 2.05) is 12.1 Å². The molecule has 2 aliphatic heterocycles. The van der Waals surface area contributed by atoms with Gasteiger partial charge in [0.1, 0.15) is 13.1 Å². The molecule has 2 saturated heterocycles. The van der Waals surface area contributed by atoms with Crippen LogP contribution in [0.15, 0.2) is 24.5 Å². The van der Waals surface area contributed by atoms with Crippen LogP contribution in [-0.2, 0) is 9.59 Å². The average Bonchev–Trinajstić information content (AvgIpc) is 2.82. The summed E-state index contributed by atoms with van der Waals surface area (Å²) in [6.45, 7) is 1.66. The number of rotatable bonds is 3. The van der Waals surface area contributed by atoms with Crippen LogP contribution < -0.4 is 5.32 Å². The minimum atomic E-state index is -0.420. The van der Waals surface area contributed by atoms with Gasteiger partial charge in [0.25, 0.3) is 5.91 Å². The number of piperazine rings is 1. The molecule has 1 atom stereocenters. The van der Waals surface area contributed by atoms with Gasteiger partial charge < -0.3 is 15.1 Å². The van der Waals surface area contributed by atoms with Crippen LogP contribution in [0.1, 0.15) is 11.6 Å². The molecule has 2 aliphatic rings. The minimum Gasteiger partial charge on any atom is -0.331 e. The molecule has 2 fully saturated rings. The molecule has 3 heterocycles. The van der Waals surface area contributed by atoms with Crippen LogP contribution in [0.3, 0.4) is 0 Å². The zero-order valence-electron chi connectivity index (χ0n) is 12.9. The van der Waals surface area contributed by atoms with Crippen LogP contribution in [0.5, 0.6) is 0 Å². The zero-order chi connectivity index (χ0) is 16.4. The van der Waals surface area contributed by atoms with Crippen LogP contribution >= 0.6 is 0 Å². The number of likely N-dealkylation sites (N-methyl/N-ethyl adjacent to an activating group) is 1. The van der Waals surface area contributed by atoms with E-state index in [2.05, 4.69) is 10.3 Å². The molecule has 4 amide bonds. The van der Waals surface area contributed by atoms with E-state index in [9.17, 15) is 14.4 Å². The van der Waals surface area contributed by atoms with Gasteiger partial charge in [0.15, 0.2) is 0 Å². The number of hydrogen-bond donors (Lipinski definition) is 1. The minimum absolute atomic E-state index is 0.0275. The number of nitrogens with one attached hydrogen (secondary N) is 1. The Morgan fingerprint density at radius 2 is 2.26 bits per heavy atom. The van der Waals surface area contributed by atoms with Crippen molar-refractivity contribution in [3.05, 3.63) is 30.1 Å². The third-order valence-electron chi connectivity index (χ3n) is 4.16. The molecule has 0 radical (unpaired) electrons. The quantitative estimate of drug-likeness (QED) is 0.756. The molecule has 0 aromatic carbocycles. The molecule has 0 saturated carbocycles. The van der Waals surface area contributed by atoms with Gasteiger partial charge in [-0.15, -0.1) is 0 Å².